The minimum Gasteiger partial charge on any atom is -0.508 e. The molecule has 1 heterocycles. The third kappa shape index (κ3) is 3.82. The van der Waals surface area contributed by atoms with Gasteiger partial charge in [-0.15, -0.1) is 0 Å². The summed E-state index contributed by atoms with van der Waals surface area (Å²) in [6, 6.07) is 5.86. The zero-order valence-corrected chi connectivity index (χ0v) is 11.6. The van der Waals surface area contributed by atoms with Crippen molar-refractivity contribution < 1.29 is 14.3 Å². The molecule has 2 aromatic rings. The van der Waals surface area contributed by atoms with Crippen LogP contribution in [0.2, 0.25) is 0 Å². The molecular weight excluding hydrogens is 272 g/mol. The second-order valence-corrected chi connectivity index (χ2v) is 4.77. The number of hydrogen-bond acceptors (Lipinski definition) is 5. The van der Waals surface area contributed by atoms with Gasteiger partial charge in [-0.1, -0.05) is 6.42 Å². The number of amides is 1. The van der Waals surface area contributed by atoms with Crippen molar-refractivity contribution in [2.45, 2.75) is 19.3 Å². The average molecular weight is 290 g/mol. The number of carbonyl (C=O) groups excluding carboxylic acids is 1. The summed E-state index contributed by atoms with van der Waals surface area (Å²) in [5.41, 5.74) is 4.89. The molecule has 0 aliphatic rings. The van der Waals surface area contributed by atoms with Crippen molar-refractivity contribution in [2.24, 2.45) is 5.73 Å². The summed E-state index contributed by atoms with van der Waals surface area (Å²) in [5.74, 6) is -0.450. The van der Waals surface area contributed by atoms with E-state index in [4.69, 9.17) is 10.2 Å². The molecule has 4 N–H and O–H groups in total. The third-order valence-corrected chi connectivity index (χ3v) is 3.13. The predicted molar refractivity (Wildman–Crippen MR) is 79.4 cm³/mol. The van der Waals surface area contributed by atoms with Gasteiger partial charge >= 0.3 is 5.63 Å². The van der Waals surface area contributed by atoms with Crippen LogP contribution in [0.15, 0.2) is 33.5 Å². The van der Waals surface area contributed by atoms with Crippen molar-refractivity contribution in [2.75, 3.05) is 13.1 Å². The molecule has 0 saturated carbocycles. The molecule has 0 fully saturated rings. The number of phenolic OH excluding ortho intramolecular Hbond substituents is 1. The molecule has 0 aliphatic carbocycles. The van der Waals surface area contributed by atoms with Crippen molar-refractivity contribution in [3.63, 3.8) is 0 Å². The van der Waals surface area contributed by atoms with Crippen molar-refractivity contribution >= 4 is 16.9 Å². The van der Waals surface area contributed by atoms with Crippen molar-refractivity contribution in [3.05, 3.63) is 40.2 Å². The van der Waals surface area contributed by atoms with E-state index >= 15 is 0 Å². The van der Waals surface area contributed by atoms with E-state index < -0.39 is 11.5 Å². The molecule has 0 bridgehead atoms. The number of benzene rings is 1. The molecule has 1 aromatic heterocycles. The highest BCUT2D eigenvalue weighted by Gasteiger charge is 2.13. The van der Waals surface area contributed by atoms with E-state index in [1.807, 2.05) is 0 Å². The summed E-state index contributed by atoms with van der Waals surface area (Å²) in [6.45, 7) is 1.13. The summed E-state index contributed by atoms with van der Waals surface area (Å²) in [4.78, 5) is 23.8. The number of aromatic hydroxyl groups is 1. The maximum absolute atomic E-state index is 12.0. The van der Waals surface area contributed by atoms with Crippen LogP contribution in [0, 0.1) is 0 Å². The number of nitrogens with one attached hydrogen (secondary N) is 1. The average Bonchev–Trinajstić information content (AvgIpc) is 2.46. The first-order valence-corrected chi connectivity index (χ1v) is 6.87. The first kappa shape index (κ1) is 15.1. The SMILES string of the molecule is NCCCCCNC(=O)c1cc2ccc(O)cc2oc1=O. The second-order valence-electron chi connectivity index (χ2n) is 4.77. The Balaban J connectivity index is 2.10. The van der Waals surface area contributed by atoms with Crippen molar-refractivity contribution in [3.8, 4) is 5.75 Å². The maximum atomic E-state index is 12.0. The topological polar surface area (TPSA) is 106 Å². The fourth-order valence-corrected chi connectivity index (χ4v) is 2.00. The van der Waals surface area contributed by atoms with Gasteiger partial charge in [0, 0.05) is 18.0 Å². The fourth-order valence-electron chi connectivity index (χ4n) is 2.00. The maximum Gasteiger partial charge on any atom is 0.349 e. The fraction of sp³-hybridized carbons (Fsp3) is 0.333. The molecule has 0 radical (unpaired) electrons. The lowest BCUT2D eigenvalue weighted by Gasteiger charge is -2.05. The highest BCUT2D eigenvalue weighted by Crippen LogP contribution is 2.19. The molecule has 1 amide bonds. The zero-order valence-electron chi connectivity index (χ0n) is 11.6. The van der Waals surface area contributed by atoms with Crippen LogP contribution in [0.4, 0.5) is 0 Å². The lowest BCUT2D eigenvalue weighted by Crippen LogP contribution is -2.29. The van der Waals surface area contributed by atoms with Gasteiger partial charge in [0.05, 0.1) is 0 Å². The Labute approximate surface area is 121 Å². The van der Waals surface area contributed by atoms with E-state index in [1.54, 1.807) is 6.07 Å². The van der Waals surface area contributed by atoms with Crippen LogP contribution in [0.3, 0.4) is 0 Å². The van der Waals surface area contributed by atoms with Crippen LogP contribution in [0.25, 0.3) is 11.0 Å². The van der Waals surface area contributed by atoms with E-state index in [-0.39, 0.29) is 16.9 Å². The summed E-state index contributed by atoms with van der Waals surface area (Å²) in [6.07, 6.45) is 2.66. The standard InChI is InChI=1S/C15H18N2O4/c16-6-2-1-3-7-17-14(19)12-8-10-4-5-11(18)9-13(10)21-15(12)20/h4-5,8-9,18H,1-3,6-7,16H2,(H,17,19). The Hall–Kier alpha value is -2.34. The number of fused-ring (bicyclic) bond motifs is 1. The van der Waals surface area contributed by atoms with Crippen LogP contribution in [0.1, 0.15) is 29.6 Å². The van der Waals surface area contributed by atoms with Gasteiger partial charge in [0.15, 0.2) is 0 Å². The van der Waals surface area contributed by atoms with E-state index in [1.165, 1.54) is 18.2 Å². The molecule has 6 nitrogen and oxygen atoms in total. The molecule has 2 rings (SSSR count). The van der Waals surface area contributed by atoms with Gasteiger partial charge in [-0.05, 0) is 37.6 Å². The number of rotatable bonds is 6. The molecule has 6 heteroatoms. The van der Waals surface area contributed by atoms with Gasteiger partial charge in [0.1, 0.15) is 16.9 Å². The second kappa shape index (κ2) is 6.90. The molecule has 0 saturated heterocycles. The predicted octanol–water partition coefficient (Wildman–Crippen LogP) is 1.36. The summed E-state index contributed by atoms with van der Waals surface area (Å²) in [5, 5.41) is 12.6. The minimum absolute atomic E-state index is 0.00255. The van der Waals surface area contributed by atoms with Gasteiger partial charge in [0.25, 0.3) is 5.91 Å². The normalized spacial score (nSPS) is 10.7. The van der Waals surface area contributed by atoms with Crippen LogP contribution in [-0.2, 0) is 0 Å². The van der Waals surface area contributed by atoms with E-state index in [9.17, 15) is 14.7 Å². The Morgan fingerprint density at radius 3 is 2.81 bits per heavy atom. The first-order chi connectivity index (χ1) is 10.1. The third-order valence-electron chi connectivity index (χ3n) is 3.13. The molecule has 0 unspecified atom stereocenters. The molecule has 1 aromatic carbocycles. The lowest BCUT2D eigenvalue weighted by molar-refractivity contribution is 0.0949. The Bertz CT molecular complexity index is 694. The van der Waals surface area contributed by atoms with Gasteiger partial charge in [-0.3, -0.25) is 4.79 Å². The molecular formula is C15H18N2O4. The smallest absolute Gasteiger partial charge is 0.349 e. The van der Waals surface area contributed by atoms with Gasteiger partial charge in [-0.2, -0.15) is 0 Å². The Kier molecular flexibility index (Phi) is 4.94. The van der Waals surface area contributed by atoms with Crippen LogP contribution < -0.4 is 16.7 Å². The van der Waals surface area contributed by atoms with Gasteiger partial charge < -0.3 is 20.6 Å². The summed E-state index contributed by atoms with van der Waals surface area (Å²) < 4.78 is 5.05. The van der Waals surface area contributed by atoms with Crippen LogP contribution >= 0.6 is 0 Å². The monoisotopic (exact) mass is 290 g/mol. The first-order valence-electron chi connectivity index (χ1n) is 6.87. The number of phenols is 1. The zero-order chi connectivity index (χ0) is 15.2. The molecule has 0 aliphatic heterocycles. The number of unbranched alkanes of at least 4 members (excludes halogenated alkanes) is 2. The lowest BCUT2D eigenvalue weighted by atomic mass is 10.1. The number of nitrogens with two attached hydrogens (primary N) is 1. The van der Waals surface area contributed by atoms with E-state index in [2.05, 4.69) is 5.32 Å². The molecule has 21 heavy (non-hydrogen) atoms. The molecule has 112 valence electrons. The largest absolute Gasteiger partial charge is 0.508 e. The summed E-state index contributed by atoms with van der Waals surface area (Å²) in [7, 11) is 0. The minimum atomic E-state index is -0.715. The van der Waals surface area contributed by atoms with Crippen LogP contribution in [0.5, 0.6) is 5.75 Å². The Morgan fingerprint density at radius 2 is 2.05 bits per heavy atom. The van der Waals surface area contributed by atoms with Gasteiger partial charge in [0.2, 0.25) is 0 Å². The molecule has 0 atom stereocenters. The van der Waals surface area contributed by atoms with E-state index in [0.717, 1.165) is 19.3 Å². The molecule has 0 spiro atoms. The van der Waals surface area contributed by atoms with E-state index in [0.29, 0.717) is 18.5 Å². The van der Waals surface area contributed by atoms with Crippen molar-refractivity contribution in [1.29, 1.82) is 0 Å². The highest BCUT2D eigenvalue weighted by molar-refractivity contribution is 5.96. The highest BCUT2D eigenvalue weighted by atomic mass is 16.4. The number of hydrogen-bond donors (Lipinski definition) is 3. The quantitative estimate of drug-likeness (QED) is 0.550. The Morgan fingerprint density at radius 1 is 1.24 bits per heavy atom. The van der Waals surface area contributed by atoms with Crippen LogP contribution in [-0.4, -0.2) is 24.1 Å². The van der Waals surface area contributed by atoms with Gasteiger partial charge in [-0.25, -0.2) is 4.79 Å². The number of carbonyl (C=O) groups is 1. The summed E-state index contributed by atoms with van der Waals surface area (Å²) >= 11 is 0. The van der Waals surface area contributed by atoms with Crippen molar-refractivity contribution in [1.82, 2.24) is 5.32 Å².